The molecule has 0 atom stereocenters. The smallest absolute Gasteiger partial charge is 0.121 e. The second kappa shape index (κ2) is 6.43. The zero-order chi connectivity index (χ0) is 12.0. The molecule has 0 radical (unpaired) electrons. The normalized spacial score (nSPS) is 9.80. The molecule has 0 heterocycles. The summed E-state index contributed by atoms with van der Waals surface area (Å²) in [4.78, 5) is 2.00. The Balaban J connectivity index is 0.000000423. The van der Waals surface area contributed by atoms with Gasteiger partial charge in [-0.3, -0.25) is 0 Å². The van der Waals surface area contributed by atoms with Crippen molar-refractivity contribution in [1.29, 1.82) is 0 Å². The molecule has 15 heavy (non-hydrogen) atoms. The summed E-state index contributed by atoms with van der Waals surface area (Å²) in [5.41, 5.74) is 8.31. The molecule has 3 heteroatoms. The van der Waals surface area contributed by atoms with Gasteiger partial charge in [0.05, 0.1) is 0 Å². The van der Waals surface area contributed by atoms with Gasteiger partial charge in [-0.05, 0) is 51.7 Å². The third-order valence-electron chi connectivity index (χ3n) is 1.79. The van der Waals surface area contributed by atoms with Crippen LogP contribution in [0.2, 0.25) is 0 Å². The predicted molar refractivity (Wildman–Crippen MR) is 65.1 cm³/mol. The monoisotopic (exact) mass is 210 g/mol. The van der Waals surface area contributed by atoms with Crippen molar-refractivity contribution in [2.24, 2.45) is 5.73 Å². The summed E-state index contributed by atoms with van der Waals surface area (Å²) < 4.78 is 0. The van der Waals surface area contributed by atoms with E-state index >= 15 is 0 Å². The molecular weight excluding hydrogens is 188 g/mol. The lowest BCUT2D eigenvalue weighted by molar-refractivity contribution is 0.466. The number of hydrogen-bond donors (Lipinski definition) is 2. The topological polar surface area (TPSA) is 49.5 Å². The number of nitrogens with zero attached hydrogens (tertiary/aromatic N) is 1. The maximum Gasteiger partial charge on any atom is 0.121 e. The van der Waals surface area contributed by atoms with Gasteiger partial charge in [-0.1, -0.05) is 12.1 Å². The zero-order valence-corrected chi connectivity index (χ0v) is 10.3. The Kier molecular flexibility index (Phi) is 5.97. The molecular formula is C12H22N2O. The molecule has 0 aromatic heterocycles. The Hall–Kier alpha value is -1.06. The first-order valence-electron chi connectivity index (χ1n) is 4.98. The fourth-order valence-corrected chi connectivity index (χ4v) is 1.16. The van der Waals surface area contributed by atoms with Gasteiger partial charge in [-0.15, -0.1) is 0 Å². The lowest BCUT2D eigenvalue weighted by Gasteiger charge is -2.05. The first-order chi connectivity index (χ1) is 6.88. The number of benzene rings is 1. The average Bonchev–Trinajstić information content (AvgIpc) is 2.12. The Morgan fingerprint density at radius 1 is 1.13 bits per heavy atom. The van der Waals surface area contributed by atoms with Crippen LogP contribution in [-0.4, -0.2) is 31.1 Å². The Morgan fingerprint density at radius 3 is 1.73 bits per heavy atom. The minimum absolute atomic E-state index is 0.377. The molecule has 0 fully saturated rings. The number of phenolic OH excluding ortho intramolecular Hbond substituents is 1. The summed E-state index contributed by atoms with van der Waals surface area (Å²) in [6.45, 7) is 4.28. The number of aromatic hydroxyl groups is 1. The van der Waals surface area contributed by atoms with E-state index in [4.69, 9.17) is 5.73 Å². The number of hydrogen-bond acceptors (Lipinski definition) is 3. The first kappa shape index (κ1) is 13.9. The van der Waals surface area contributed by atoms with Crippen LogP contribution < -0.4 is 5.73 Å². The van der Waals surface area contributed by atoms with Gasteiger partial charge >= 0.3 is 0 Å². The van der Waals surface area contributed by atoms with Crippen molar-refractivity contribution in [2.45, 2.75) is 20.4 Å². The highest BCUT2D eigenvalue weighted by atomic mass is 16.3. The Morgan fingerprint density at radius 2 is 1.47 bits per heavy atom. The van der Waals surface area contributed by atoms with E-state index < -0.39 is 0 Å². The predicted octanol–water partition coefficient (Wildman–Crippen LogP) is 1.65. The highest BCUT2D eigenvalue weighted by Crippen LogP contribution is 2.22. The van der Waals surface area contributed by atoms with E-state index in [9.17, 15) is 5.11 Å². The fraction of sp³-hybridized carbons (Fsp3) is 0.500. The van der Waals surface area contributed by atoms with E-state index in [-0.39, 0.29) is 0 Å². The molecule has 0 spiro atoms. The molecule has 1 rings (SSSR count). The summed E-state index contributed by atoms with van der Waals surface area (Å²) in [7, 11) is 6.00. The van der Waals surface area contributed by atoms with E-state index in [1.807, 2.05) is 52.0 Å². The van der Waals surface area contributed by atoms with Crippen molar-refractivity contribution in [3.63, 3.8) is 0 Å². The van der Waals surface area contributed by atoms with Crippen LogP contribution in [-0.2, 0) is 6.54 Å². The lowest BCUT2D eigenvalue weighted by Crippen LogP contribution is -1.99. The molecule has 86 valence electrons. The Bertz CT molecular complexity index is 283. The summed E-state index contributed by atoms with van der Waals surface area (Å²) in [5.74, 6) is 0.377. The molecule has 0 aliphatic heterocycles. The van der Waals surface area contributed by atoms with Crippen LogP contribution in [0.4, 0.5) is 0 Å². The Labute approximate surface area is 92.5 Å². The molecule has 3 nitrogen and oxygen atoms in total. The molecule has 3 N–H and O–H groups in total. The zero-order valence-electron chi connectivity index (χ0n) is 10.3. The second-order valence-corrected chi connectivity index (χ2v) is 4.12. The molecule has 1 aromatic rings. The van der Waals surface area contributed by atoms with Gasteiger partial charge < -0.3 is 15.7 Å². The fourth-order valence-electron chi connectivity index (χ4n) is 1.16. The van der Waals surface area contributed by atoms with E-state index in [0.29, 0.717) is 12.3 Å². The minimum Gasteiger partial charge on any atom is -0.507 e. The van der Waals surface area contributed by atoms with E-state index in [1.54, 1.807) is 0 Å². The minimum atomic E-state index is 0.377. The number of phenols is 1. The highest BCUT2D eigenvalue weighted by molar-refractivity contribution is 5.41. The molecule has 0 amide bonds. The third kappa shape index (κ3) is 5.40. The third-order valence-corrected chi connectivity index (χ3v) is 1.79. The van der Waals surface area contributed by atoms with E-state index in [1.165, 1.54) is 0 Å². The SMILES string of the molecule is CN(C)C.Cc1cc(CN)cc(C)c1O. The van der Waals surface area contributed by atoms with Crippen molar-refractivity contribution >= 4 is 0 Å². The van der Waals surface area contributed by atoms with Crippen LogP contribution in [0.25, 0.3) is 0 Å². The quantitative estimate of drug-likeness (QED) is 0.741. The van der Waals surface area contributed by atoms with Crippen molar-refractivity contribution in [3.8, 4) is 5.75 Å². The van der Waals surface area contributed by atoms with Gasteiger partial charge in [0.1, 0.15) is 5.75 Å². The molecule has 0 bridgehead atoms. The summed E-state index contributed by atoms with van der Waals surface area (Å²) in [6, 6.07) is 3.81. The van der Waals surface area contributed by atoms with Gasteiger partial charge in [0.2, 0.25) is 0 Å². The molecule has 0 saturated carbocycles. The van der Waals surface area contributed by atoms with Gasteiger partial charge in [0.15, 0.2) is 0 Å². The van der Waals surface area contributed by atoms with Crippen molar-refractivity contribution in [1.82, 2.24) is 4.90 Å². The van der Waals surface area contributed by atoms with Crippen LogP contribution in [0.1, 0.15) is 16.7 Å². The maximum absolute atomic E-state index is 9.39. The molecule has 1 aromatic carbocycles. The van der Waals surface area contributed by atoms with E-state index in [0.717, 1.165) is 16.7 Å². The largest absolute Gasteiger partial charge is 0.507 e. The molecule has 0 unspecified atom stereocenters. The lowest BCUT2D eigenvalue weighted by atomic mass is 10.1. The number of aryl methyl sites for hydroxylation is 2. The average molecular weight is 210 g/mol. The van der Waals surface area contributed by atoms with Crippen LogP contribution in [0.3, 0.4) is 0 Å². The summed E-state index contributed by atoms with van der Waals surface area (Å²) in [6.07, 6.45) is 0. The maximum atomic E-state index is 9.39. The van der Waals surface area contributed by atoms with Crippen molar-refractivity contribution in [3.05, 3.63) is 28.8 Å². The highest BCUT2D eigenvalue weighted by Gasteiger charge is 2.00. The van der Waals surface area contributed by atoms with E-state index in [2.05, 4.69) is 0 Å². The van der Waals surface area contributed by atoms with Crippen LogP contribution >= 0.6 is 0 Å². The van der Waals surface area contributed by atoms with Crippen LogP contribution in [0.15, 0.2) is 12.1 Å². The molecule has 0 aliphatic rings. The van der Waals surface area contributed by atoms with Gasteiger partial charge in [-0.2, -0.15) is 0 Å². The van der Waals surface area contributed by atoms with Gasteiger partial charge in [0.25, 0.3) is 0 Å². The van der Waals surface area contributed by atoms with Gasteiger partial charge in [-0.25, -0.2) is 0 Å². The summed E-state index contributed by atoms with van der Waals surface area (Å²) in [5, 5.41) is 9.39. The van der Waals surface area contributed by atoms with Crippen molar-refractivity contribution < 1.29 is 5.11 Å². The van der Waals surface area contributed by atoms with Crippen LogP contribution in [0, 0.1) is 13.8 Å². The number of rotatable bonds is 1. The summed E-state index contributed by atoms with van der Waals surface area (Å²) >= 11 is 0. The van der Waals surface area contributed by atoms with Crippen LogP contribution in [0.5, 0.6) is 5.75 Å². The molecule has 0 aliphatic carbocycles. The number of nitrogens with two attached hydrogens (primary N) is 1. The first-order valence-corrected chi connectivity index (χ1v) is 4.98. The standard InChI is InChI=1S/C9H13NO.C3H9N/c1-6-3-8(5-10)4-7(2)9(6)11;1-4(2)3/h3-4,11H,5,10H2,1-2H3;1-3H3. The van der Waals surface area contributed by atoms with Crippen molar-refractivity contribution in [2.75, 3.05) is 21.1 Å². The second-order valence-electron chi connectivity index (χ2n) is 4.12. The molecule has 0 saturated heterocycles. The van der Waals surface area contributed by atoms with Gasteiger partial charge in [0, 0.05) is 6.54 Å².